The quantitative estimate of drug-likeness (QED) is 0.890. The van der Waals surface area contributed by atoms with Crippen LogP contribution in [0, 0.1) is 0 Å². The number of hydrogen-bond acceptors (Lipinski definition) is 2. The standard InChI is InChI=1S/C18H27NO/c1-17(2)12-15-11-14(7-8-16(15)20-17)13-19-18(3)9-5-4-6-10-18/h7-8,11,19H,4-6,9-10,12-13H2,1-3H3. The molecule has 1 heterocycles. The molecule has 0 aromatic heterocycles. The maximum Gasteiger partial charge on any atom is 0.123 e. The van der Waals surface area contributed by atoms with Crippen LogP contribution in [0.25, 0.3) is 0 Å². The Kier molecular flexibility index (Phi) is 3.53. The van der Waals surface area contributed by atoms with Gasteiger partial charge in [-0.3, -0.25) is 0 Å². The topological polar surface area (TPSA) is 21.3 Å². The second-order valence-corrected chi connectivity index (χ2v) is 7.46. The Morgan fingerprint density at radius 1 is 1.10 bits per heavy atom. The van der Waals surface area contributed by atoms with Crippen molar-refractivity contribution in [3.8, 4) is 5.75 Å². The van der Waals surface area contributed by atoms with Gasteiger partial charge in [0.05, 0.1) is 0 Å². The molecule has 1 aliphatic heterocycles. The maximum atomic E-state index is 5.94. The van der Waals surface area contributed by atoms with E-state index >= 15 is 0 Å². The third-order valence-electron chi connectivity index (χ3n) is 4.80. The molecule has 0 bridgehead atoms. The summed E-state index contributed by atoms with van der Waals surface area (Å²) in [7, 11) is 0. The number of hydrogen-bond donors (Lipinski definition) is 1. The summed E-state index contributed by atoms with van der Waals surface area (Å²) in [6, 6.07) is 6.67. The number of rotatable bonds is 3. The Morgan fingerprint density at radius 2 is 1.85 bits per heavy atom. The Bertz CT molecular complexity index is 486. The molecule has 2 aliphatic rings. The first kappa shape index (κ1) is 13.9. The lowest BCUT2D eigenvalue weighted by Crippen LogP contribution is -2.43. The SMILES string of the molecule is CC1(NCc2ccc3c(c2)CC(C)(C)O3)CCCCC1. The van der Waals surface area contributed by atoms with Crippen LogP contribution in [-0.4, -0.2) is 11.1 Å². The molecule has 1 aromatic carbocycles. The normalized spacial score (nSPS) is 23.1. The van der Waals surface area contributed by atoms with E-state index in [1.165, 1.54) is 43.2 Å². The zero-order valence-corrected chi connectivity index (χ0v) is 13.1. The van der Waals surface area contributed by atoms with Crippen molar-refractivity contribution in [3.05, 3.63) is 29.3 Å². The van der Waals surface area contributed by atoms with Gasteiger partial charge in [0.25, 0.3) is 0 Å². The van der Waals surface area contributed by atoms with Crippen LogP contribution in [0.2, 0.25) is 0 Å². The molecule has 110 valence electrons. The van der Waals surface area contributed by atoms with E-state index in [1.54, 1.807) is 0 Å². The van der Waals surface area contributed by atoms with Crippen LogP contribution in [0.5, 0.6) is 5.75 Å². The van der Waals surface area contributed by atoms with Gasteiger partial charge in [-0.05, 0) is 50.8 Å². The lowest BCUT2D eigenvalue weighted by Gasteiger charge is -2.35. The van der Waals surface area contributed by atoms with Gasteiger partial charge in [-0.2, -0.15) is 0 Å². The monoisotopic (exact) mass is 273 g/mol. The summed E-state index contributed by atoms with van der Waals surface area (Å²) in [5.41, 5.74) is 3.05. The fraction of sp³-hybridized carbons (Fsp3) is 0.667. The second-order valence-electron chi connectivity index (χ2n) is 7.46. The van der Waals surface area contributed by atoms with Crippen LogP contribution in [0.15, 0.2) is 18.2 Å². The summed E-state index contributed by atoms with van der Waals surface area (Å²) in [5.74, 6) is 1.07. The Hall–Kier alpha value is -1.02. The van der Waals surface area contributed by atoms with Crippen LogP contribution in [0.4, 0.5) is 0 Å². The van der Waals surface area contributed by atoms with Crippen molar-refractivity contribution >= 4 is 0 Å². The predicted octanol–water partition coefficient (Wildman–Crippen LogP) is 4.21. The minimum atomic E-state index is -0.0380. The summed E-state index contributed by atoms with van der Waals surface area (Å²) < 4.78 is 5.94. The Balaban J connectivity index is 1.65. The molecule has 1 saturated carbocycles. The van der Waals surface area contributed by atoms with Crippen molar-refractivity contribution in [3.63, 3.8) is 0 Å². The van der Waals surface area contributed by atoms with Gasteiger partial charge >= 0.3 is 0 Å². The van der Waals surface area contributed by atoms with E-state index in [0.29, 0.717) is 5.54 Å². The van der Waals surface area contributed by atoms with Crippen molar-refractivity contribution < 1.29 is 4.74 Å². The molecule has 0 saturated heterocycles. The van der Waals surface area contributed by atoms with E-state index in [2.05, 4.69) is 44.3 Å². The van der Waals surface area contributed by atoms with Gasteiger partial charge in [-0.25, -0.2) is 0 Å². The summed E-state index contributed by atoms with van der Waals surface area (Å²) in [6.07, 6.45) is 7.80. The zero-order chi connectivity index (χ0) is 14.2. The highest BCUT2D eigenvalue weighted by Gasteiger charge is 2.30. The zero-order valence-electron chi connectivity index (χ0n) is 13.1. The van der Waals surface area contributed by atoms with Crippen molar-refractivity contribution in [1.82, 2.24) is 5.32 Å². The third-order valence-corrected chi connectivity index (χ3v) is 4.80. The molecule has 1 fully saturated rings. The summed E-state index contributed by atoms with van der Waals surface area (Å²) >= 11 is 0. The minimum absolute atomic E-state index is 0.0380. The highest BCUT2D eigenvalue weighted by Crippen LogP contribution is 2.35. The highest BCUT2D eigenvalue weighted by molar-refractivity contribution is 5.41. The minimum Gasteiger partial charge on any atom is -0.487 e. The average molecular weight is 273 g/mol. The van der Waals surface area contributed by atoms with Gasteiger partial charge in [0.2, 0.25) is 0 Å². The van der Waals surface area contributed by atoms with Crippen molar-refractivity contribution in [2.45, 2.75) is 77.0 Å². The third kappa shape index (κ3) is 3.01. The van der Waals surface area contributed by atoms with E-state index in [0.717, 1.165) is 18.7 Å². The van der Waals surface area contributed by atoms with Gasteiger partial charge in [0, 0.05) is 18.5 Å². The van der Waals surface area contributed by atoms with Crippen molar-refractivity contribution in [1.29, 1.82) is 0 Å². The lowest BCUT2D eigenvalue weighted by molar-refractivity contribution is 0.138. The van der Waals surface area contributed by atoms with Crippen LogP contribution >= 0.6 is 0 Å². The number of benzene rings is 1. The number of fused-ring (bicyclic) bond motifs is 1. The van der Waals surface area contributed by atoms with E-state index < -0.39 is 0 Å². The predicted molar refractivity (Wildman–Crippen MR) is 83.2 cm³/mol. The van der Waals surface area contributed by atoms with Gasteiger partial charge in [-0.1, -0.05) is 31.4 Å². The summed E-state index contributed by atoms with van der Waals surface area (Å²) in [4.78, 5) is 0. The van der Waals surface area contributed by atoms with E-state index in [4.69, 9.17) is 4.74 Å². The average Bonchev–Trinajstić information content (AvgIpc) is 2.70. The van der Waals surface area contributed by atoms with Crippen molar-refractivity contribution in [2.75, 3.05) is 0 Å². The van der Waals surface area contributed by atoms with Crippen LogP contribution in [0.1, 0.15) is 64.0 Å². The molecular formula is C18H27NO. The van der Waals surface area contributed by atoms with Crippen LogP contribution in [0.3, 0.4) is 0 Å². The summed E-state index contributed by atoms with van der Waals surface area (Å²) in [5, 5.41) is 3.79. The molecule has 2 heteroatoms. The molecule has 1 aromatic rings. The van der Waals surface area contributed by atoms with Gasteiger partial charge in [0.15, 0.2) is 0 Å². The molecular weight excluding hydrogens is 246 g/mol. The molecule has 3 rings (SSSR count). The van der Waals surface area contributed by atoms with Gasteiger partial charge in [-0.15, -0.1) is 0 Å². The fourth-order valence-corrected chi connectivity index (χ4v) is 3.60. The molecule has 2 nitrogen and oxygen atoms in total. The first-order chi connectivity index (χ1) is 9.46. The molecule has 0 atom stereocenters. The number of nitrogens with one attached hydrogen (secondary N) is 1. The molecule has 0 amide bonds. The Morgan fingerprint density at radius 3 is 2.60 bits per heavy atom. The first-order valence-electron chi connectivity index (χ1n) is 8.02. The molecule has 0 radical (unpaired) electrons. The van der Waals surface area contributed by atoms with E-state index in [9.17, 15) is 0 Å². The molecule has 1 N–H and O–H groups in total. The molecule has 0 spiro atoms. The summed E-state index contributed by atoms with van der Waals surface area (Å²) in [6.45, 7) is 7.68. The highest BCUT2D eigenvalue weighted by atomic mass is 16.5. The van der Waals surface area contributed by atoms with Gasteiger partial charge in [0.1, 0.15) is 11.4 Å². The van der Waals surface area contributed by atoms with Crippen LogP contribution in [-0.2, 0) is 13.0 Å². The lowest BCUT2D eigenvalue weighted by atomic mass is 9.83. The van der Waals surface area contributed by atoms with Crippen molar-refractivity contribution in [2.24, 2.45) is 0 Å². The molecule has 0 unspecified atom stereocenters. The largest absolute Gasteiger partial charge is 0.487 e. The first-order valence-corrected chi connectivity index (χ1v) is 8.02. The Labute approximate surface area is 122 Å². The van der Waals surface area contributed by atoms with E-state index in [1.807, 2.05) is 0 Å². The number of ether oxygens (including phenoxy) is 1. The maximum absolute atomic E-state index is 5.94. The van der Waals surface area contributed by atoms with E-state index in [-0.39, 0.29) is 5.60 Å². The smallest absolute Gasteiger partial charge is 0.123 e. The van der Waals surface area contributed by atoms with Crippen LogP contribution < -0.4 is 10.1 Å². The second kappa shape index (κ2) is 5.07. The van der Waals surface area contributed by atoms with Gasteiger partial charge < -0.3 is 10.1 Å². The fourth-order valence-electron chi connectivity index (χ4n) is 3.60. The molecule has 1 aliphatic carbocycles. The molecule has 20 heavy (non-hydrogen) atoms.